The molecule has 1 amide bonds. The Bertz CT molecular complexity index is 1160. The minimum absolute atomic E-state index is 0.00875. The van der Waals surface area contributed by atoms with E-state index in [0.717, 1.165) is 10.6 Å². The van der Waals surface area contributed by atoms with Crippen LogP contribution in [0.4, 0.5) is 4.39 Å². The number of rotatable bonds is 7. The highest BCUT2D eigenvalue weighted by Crippen LogP contribution is 2.32. The van der Waals surface area contributed by atoms with Gasteiger partial charge in [-0.15, -0.1) is 0 Å². The first-order chi connectivity index (χ1) is 15.5. The van der Waals surface area contributed by atoms with E-state index in [1.165, 1.54) is 28.9 Å². The zero-order chi connectivity index (χ0) is 22.7. The molecule has 0 aliphatic carbocycles. The third kappa shape index (κ3) is 4.57. The summed E-state index contributed by atoms with van der Waals surface area (Å²) in [5.41, 5.74) is 1.64. The van der Waals surface area contributed by atoms with E-state index >= 15 is 0 Å². The maximum absolute atomic E-state index is 13.1. The van der Waals surface area contributed by atoms with Gasteiger partial charge >= 0.3 is 0 Å². The number of carbonyl (C=O) groups excluding carboxylic acids is 1. The Morgan fingerprint density at radius 1 is 1.12 bits per heavy atom. The highest BCUT2D eigenvalue weighted by atomic mass is 32.2. The number of fused-ring (bicyclic) bond motifs is 1. The van der Waals surface area contributed by atoms with E-state index in [2.05, 4.69) is 10.1 Å². The molecule has 0 radical (unpaired) electrons. The van der Waals surface area contributed by atoms with E-state index in [-0.39, 0.29) is 23.8 Å². The van der Waals surface area contributed by atoms with Crippen molar-refractivity contribution in [2.24, 2.45) is 10.1 Å². The number of nitrogens with zero attached hydrogens (tertiary/aromatic N) is 3. The minimum Gasteiger partial charge on any atom is -0.490 e. The van der Waals surface area contributed by atoms with Crippen LogP contribution in [0.5, 0.6) is 11.5 Å². The van der Waals surface area contributed by atoms with Crippen molar-refractivity contribution in [3.8, 4) is 11.5 Å². The zero-order valence-corrected chi connectivity index (χ0v) is 18.4. The number of nitrogens with one attached hydrogen (secondary N) is 1. The standard InChI is InChI=1S/C23H21FN4O3S/c1-3-20-27-28-21(25)17(22(29)26-23(28)32-20)11-15-7-10-18(19(12-15)30-4-2)31-13-14-5-8-16(24)9-6-14/h5-12,25H,3-4,13H2,1-2H3/b17-11+,25-21?. The lowest BCUT2D eigenvalue weighted by Crippen LogP contribution is -2.35. The van der Waals surface area contributed by atoms with Crippen molar-refractivity contribution in [3.05, 3.63) is 65.0 Å². The van der Waals surface area contributed by atoms with Crippen molar-refractivity contribution in [1.29, 1.82) is 5.41 Å². The van der Waals surface area contributed by atoms with Crippen LogP contribution in [0, 0.1) is 11.2 Å². The van der Waals surface area contributed by atoms with Gasteiger partial charge in [0.25, 0.3) is 5.91 Å². The van der Waals surface area contributed by atoms with Crippen LogP contribution >= 0.6 is 11.8 Å². The molecule has 2 aliphatic rings. The predicted molar refractivity (Wildman–Crippen MR) is 124 cm³/mol. The summed E-state index contributed by atoms with van der Waals surface area (Å²) in [5, 5.41) is 15.4. The normalized spacial score (nSPS) is 16.7. The number of hydrogen-bond donors (Lipinski definition) is 1. The smallest absolute Gasteiger partial charge is 0.283 e. The average Bonchev–Trinajstić information content (AvgIpc) is 3.20. The lowest BCUT2D eigenvalue weighted by molar-refractivity contribution is -0.114. The number of thioether (sulfide) groups is 1. The Morgan fingerprint density at radius 3 is 2.62 bits per heavy atom. The molecule has 2 aromatic carbocycles. The summed E-state index contributed by atoms with van der Waals surface area (Å²) in [7, 11) is 0. The second-order valence-electron chi connectivity index (χ2n) is 6.92. The molecular formula is C23H21FN4O3S. The third-order valence-electron chi connectivity index (χ3n) is 4.69. The molecule has 9 heteroatoms. The Kier molecular flexibility index (Phi) is 6.36. The fourth-order valence-electron chi connectivity index (χ4n) is 3.08. The van der Waals surface area contributed by atoms with E-state index in [4.69, 9.17) is 14.9 Å². The van der Waals surface area contributed by atoms with Crippen molar-refractivity contribution in [2.75, 3.05) is 6.61 Å². The third-order valence-corrected chi connectivity index (χ3v) is 5.74. The molecule has 7 nitrogen and oxygen atoms in total. The van der Waals surface area contributed by atoms with Crippen LogP contribution in [-0.4, -0.2) is 33.6 Å². The van der Waals surface area contributed by atoms with Crippen LogP contribution in [-0.2, 0) is 11.4 Å². The van der Waals surface area contributed by atoms with Gasteiger partial charge in [-0.25, -0.2) is 4.39 Å². The number of halogens is 1. The lowest BCUT2D eigenvalue weighted by Gasteiger charge is -2.20. The van der Waals surface area contributed by atoms with Crippen LogP contribution in [0.3, 0.4) is 0 Å². The Labute approximate surface area is 189 Å². The van der Waals surface area contributed by atoms with Gasteiger partial charge in [0.2, 0.25) is 5.17 Å². The molecule has 0 unspecified atom stereocenters. The highest BCUT2D eigenvalue weighted by molar-refractivity contribution is 8.26. The van der Waals surface area contributed by atoms with Crippen LogP contribution < -0.4 is 9.47 Å². The number of aliphatic imine (C=N–C) groups is 1. The van der Waals surface area contributed by atoms with Gasteiger partial charge in [0.05, 0.1) is 12.2 Å². The molecule has 0 spiro atoms. The van der Waals surface area contributed by atoms with Gasteiger partial charge in [0.15, 0.2) is 17.3 Å². The first-order valence-electron chi connectivity index (χ1n) is 10.1. The topological polar surface area (TPSA) is 87.3 Å². The number of benzene rings is 2. The fourth-order valence-corrected chi connectivity index (χ4v) is 3.91. The van der Waals surface area contributed by atoms with Crippen molar-refractivity contribution in [2.45, 2.75) is 26.9 Å². The number of hydrazone groups is 1. The van der Waals surface area contributed by atoms with E-state index in [1.807, 2.05) is 13.8 Å². The number of ether oxygens (including phenoxy) is 2. The van der Waals surface area contributed by atoms with Gasteiger partial charge < -0.3 is 9.47 Å². The summed E-state index contributed by atoms with van der Waals surface area (Å²) in [6.45, 7) is 4.50. The number of amidine groups is 2. The van der Waals surface area contributed by atoms with Crippen LogP contribution in [0.25, 0.3) is 6.08 Å². The van der Waals surface area contributed by atoms with Crippen molar-refractivity contribution in [1.82, 2.24) is 5.01 Å². The van der Waals surface area contributed by atoms with Crippen molar-refractivity contribution < 1.29 is 18.7 Å². The van der Waals surface area contributed by atoms with E-state index < -0.39 is 5.91 Å². The summed E-state index contributed by atoms with van der Waals surface area (Å²) in [4.78, 5) is 16.6. The minimum atomic E-state index is -0.476. The summed E-state index contributed by atoms with van der Waals surface area (Å²) < 4.78 is 24.7. The number of carbonyl (C=O) groups is 1. The second kappa shape index (κ2) is 9.35. The molecule has 1 N–H and O–H groups in total. The van der Waals surface area contributed by atoms with Gasteiger partial charge in [0.1, 0.15) is 17.5 Å². The molecule has 0 bridgehead atoms. The molecule has 2 aromatic rings. The molecule has 0 aromatic heterocycles. The Hall–Kier alpha value is -3.46. The summed E-state index contributed by atoms with van der Waals surface area (Å²) in [5.74, 6) is 0.244. The number of amides is 1. The van der Waals surface area contributed by atoms with E-state index in [9.17, 15) is 9.18 Å². The van der Waals surface area contributed by atoms with E-state index in [1.54, 1.807) is 36.4 Å². The van der Waals surface area contributed by atoms with Gasteiger partial charge in [-0.3, -0.25) is 10.2 Å². The van der Waals surface area contributed by atoms with Crippen LogP contribution in [0.15, 0.2) is 58.1 Å². The molecule has 32 heavy (non-hydrogen) atoms. The molecular weight excluding hydrogens is 431 g/mol. The first-order valence-corrected chi connectivity index (χ1v) is 10.9. The quantitative estimate of drug-likeness (QED) is 0.608. The first kappa shape index (κ1) is 21.8. The van der Waals surface area contributed by atoms with Gasteiger partial charge in [-0.1, -0.05) is 25.1 Å². The van der Waals surface area contributed by atoms with Crippen LogP contribution in [0.2, 0.25) is 0 Å². The maximum Gasteiger partial charge on any atom is 0.283 e. The highest BCUT2D eigenvalue weighted by Gasteiger charge is 2.35. The van der Waals surface area contributed by atoms with Gasteiger partial charge in [-0.2, -0.15) is 15.1 Å². The largest absolute Gasteiger partial charge is 0.490 e. The maximum atomic E-state index is 13.1. The number of hydrogen-bond acceptors (Lipinski definition) is 6. The zero-order valence-electron chi connectivity index (χ0n) is 17.6. The second-order valence-corrected chi connectivity index (χ2v) is 7.96. The lowest BCUT2D eigenvalue weighted by atomic mass is 10.1. The molecule has 164 valence electrons. The Balaban J connectivity index is 1.57. The SMILES string of the molecule is CCOc1cc(/C=C2\C(=N)N3N=C(CC)SC3=NC2=O)ccc1OCc1ccc(F)cc1. The molecule has 0 saturated carbocycles. The molecule has 2 aliphatic heterocycles. The fraction of sp³-hybridized carbons (Fsp3) is 0.217. The summed E-state index contributed by atoms with van der Waals surface area (Å²) in [6, 6.07) is 11.3. The molecule has 0 fully saturated rings. The predicted octanol–water partition coefficient (Wildman–Crippen LogP) is 4.83. The van der Waals surface area contributed by atoms with Crippen molar-refractivity contribution >= 4 is 39.8 Å². The van der Waals surface area contributed by atoms with Crippen LogP contribution in [0.1, 0.15) is 31.4 Å². The summed E-state index contributed by atoms with van der Waals surface area (Å²) >= 11 is 1.31. The molecule has 0 atom stereocenters. The Morgan fingerprint density at radius 2 is 1.91 bits per heavy atom. The molecule has 4 rings (SSSR count). The van der Waals surface area contributed by atoms with Gasteiger partial charge in [0, 0.05) is 0 Å². The van der Waals surface area contributed by atoms with E-state index in [0.29, 0.717) is 35.3 Å². The average molecular weight is 453 g/mol. The monoisotopic (exact) mass is 452 g/mol. The van der Waals surface area contributed by atoms with Gasteiger partial charge in [-0.05, 0) is 66.6 Å². The molecule has 2 heterocycles. The summed E-state index contributed by atoms with van der Waals surface area (Å²) in [6.07, 6.45) is 2.30. The van der Waals surface area contributed by atoms with Crippen molar-refractivity contribution in [3.63, 3.8) is 0 Å². The molecule has 0 saturated heterocycles.